The summed E-state index contributed by atoms with van der Waals surface area (Å²) in [6, 6.07) is 7.41. The summed E-state index contributed by atoms with van der Waals surface area (Å²) in [5.41, 5.74) is 6.06. The average molecular weight is 356 g/mol. The smallest absolute Gasteiger partial charge is 0.316 e. The Morgan fingerprint density at radius 3 is 2.87 bits per heavy atom. The van der Waals surface area contributed by atoms with Crippen molar-refractivity contribution in [3.05, 3.63) is 47.5 Å². The van der Waals surface area contributed by atoms with Gasteiger partial charge in [-0.3, -0.25) is 4.79 Å². The van der Waals surface area contributed by atoms with E-state index in [4.69, 9.17) is 17.3 Å². The lowest BCUT2D eigenvalue weighted by Crippen LogP contribution is -2.23. The molecule has 23 heavy (non-hydrogen) atoms. The highest BCUT2D eigenvalue weighted by Gasteiger charge is 2.62. The molecule has 1 saturated carbocycles. The number of aromatic nitrogens is 2. The second-order valence-electron chi connectivity index (χ2n) is 5.73. The number of para-hydroxylation sites is 1. The number of benzene rings is 1. The van der Waals surface area contributed by atoms with Crippen molar-refractivity contribution < 1.29 is 9.90 Å². The molecule has 1 fully saturated rings. The third kappa shape index (κ3) is 3.09. The van der Waals surface area contributed by atoms with Gasteiger partial charge in [0.05, 0.1) is 22.7 Å². The van der Waals surface area contributed by atoms with Gasteiger partial charge in [-0.15, -0.1) is 12.4 Å². The number of hydrogen-bond donors (Lipinski definition) is 2. The van der Waals surface area contributed by atoms with E-state index in [9.17, 15) is 9.90 Å². The summed E-state index contributed by atoms with van der Waals surface area (Å²) >= 11 is 6.18. The second kappa shape index (κ2) is 6.91. The van der Waals surface area contributed by atoms with Gasteiger partial charge in [0, 0.05) is 6.20 Å². The molecule has 0 saturated heterocycles. The number of hydrogen-bond acceptors (Lipinski definition) is 3. The molecule has 0 bridgehead atoms. The number of nitrogens with two attached hydrogens (primary N) is 1. The molecule has 3 rings (SSSR count). The fourth-order valence-corrected chi connectivity index (χ4v) is 3.31. The van der Waals surface area contributed by atoms with E-state index in [0.717, 1.165) is 18.5 Å². The van der Waals surface area contributed by atoms with Crippen LogP contribution < -0.4 is 5.73 Å². The summed E-state index contributed by atoms with van der Waals surface area (Å²) in [4.78, 5) is 16.1. The van der Waals surface area contributed by atoms with E-state index < -0.39 is 11.4 Å². The van der Waals surface area contributed by atoms with Crippen LogP contribution in [0.1, 0.15) is 25.0 Å². The van der Waals surface area contributed by atoms with Crippen molar-refractivity contribution in [2.24, 2.45) is 11.7 Å². The van der Waals surface area contributed by atoms with E-state index in [0.29, 0.717) is 23.7 Å². The molecular formula is C16H19Cl2N3O2. The molecule has 2 unspecified atom stereocenters. The number of nitrogens with zero attached hydrogens (tertiary/aromatic N) is 2. The molecule has 1 aromatic heterocycles. The molecule has 0 amide bonds. The lowest BCUT2D eigenvalue weighted by molar-refractivity contribution is -0.140. The van der Waals surface area contributed by atoms with E-state index in [-0.39, 0.29) is 18.3 Å². The summed E-state index contributed by atoms with van der Waals surface area (Å²) < 4.78 is 1.78. The highest BCUT2D eigenvalue weighted by molar-refractivity contribution is 6.32. The zero-order valence-corrected chi connectivity index (χ0v) is 14.1. The van der Waals surface area contributed by atoms with Crippen LogP contribution in [0.4, 0.5) is 0 Å². The maximum atomic E-state index is 11.8. The molecule has 0 aliphatic heterocycles. The fourth-order valence-electron chi connectivity index (χ4n) is 3.07. The van der Waals surface area contributed by atoms with Crippen LogP contribution in [0, 0.1) is 5.92 Å². The van der Waals surface area contributed by atoms with Crippen LogP contribution in [0.15, 0.2) is 36.8 Å². The van der Waals surface area contributed by atoms with Gasteiger partial charge in [-0.25, -0.2) is 4.98 Å². The first-order chi connectivity index (χ1) is 10.6. The van der Waals surface area contributed by atoms with Gasteiger partial charge in [-0.05, 0) is 43.9 Å². The molecule has 2 atom stereocenters. The van der Waals surface area contributed by atoms with Crippen LogP contribution in [0.2, 0.25) is 5.02 Å². The zero-order chi connectivity index (χ0) is 15.7. The number of imidazole rings is 1. The van der Waals surface area contributed by atoms with Crippen LogP contribution >= 0.6 is 24.0 Å². The number of carbonyl (C=O) groups is 1. The maximum absolute atomic E-state index is 11.8. The molecule has 2 aromatic rings. The predicted molar refractivity (Wildman–Crippen MR) is 91.5 cm³/mol. The van der Waals surface area contributed by atoms with Crippen molar-refractivity contribution in [3.8, 4) is 5.69 Å². The highest BCUT2D eigenvalue weighted by Crippen LogP contribution is 2.56. The normalized spacial score (nSPS) is 22.4. The number of rotatable bonds is 6. The van der Waals surface area contributed by atoms with E-state index in [1.54, 1.807) is 23.2 Å². The van der Waals surface area contributed by atoms with Crippen molar-refractivity contribution in [2.45, 2.75) is 24.7 Å². The lowest BCUT2D eigenvalue weighted by Gasteiger charge is -2.09. The van der Waals surface area contributed by atoms with Gasteiger partial charge in [-0.2, -0.15) is 0 Å². The minimum Gasteiger partial charge on any atom is -0.481 e. The topological polar surface area (TPSA) is 81.1 Å². The quantitative estimate of drug-likeness (QED) is 0.834. The predicted octanol–water partition coefficient (Wildman–Crippen LogP) is 3.03. The van der Waals surface area contributed by atoms with E-state index in [1.807, 2.05) is 18.2 Å². The van der Waals surface area contributed by atoms with Crippen LogP contribution in [0.25, 0.3) is 5.69 Å². The first-order valence-corrected chi connectivity index (χ1v) is 7.70. The van der Waals surface area contributed by atoms with Crippen molar-refractivity contribution in [1.82, 2.24) is 9.55 Å². The Morgan fingerprint density at radius 1 is 1.48 bits per heavy atom. The molecule has 1 heterocycles. The van der Waals surface area contributed by atoms with Gasteiger partial charge in [0.2, 0.25) is 0 Å². The molecule has 0 spiro atoms. The Labute approximate surface area is 145 Å². The molecular weight excluding hydrogens is 337 g/mol. The SMILES string of the molecule is Cl.NCCCC1CC1(C(=O)O)c1cn(-c2ccccc2Cl)cn1. The molecule has 5 nitrogen and oxygen atoms in total. The number of aliphatic carboxylic acids is 1. The van der Waals surface area contributed by atoms with Gasteiger partial charge in [0.15, 0.2) is 0 Å². The number of halogens is 2. The zero-order valence-electron chi connectivity index (χ0n) is 12.5. The van der Waals surface area contributed by atoms with Gasteiger partial charge in [0.25, 0.3) is 0 Å². The Morgan fingerprint density at radius 2 is 2.22 bits per heavy atom. The first kappa shape index (κ1) is 17.8. The van der Waals surface area contributed by atoms with Crippen molar-refractivity contribution in [3.63, 3.8) is 0 Å². The third-order valence-corrected chi connectivity index (χ3v) is 4.73. The first-order valence-electron chi connectivity index (χ1n) is 7.32. The second-order valence-corrected chi connectivity index (χ2v) is 6.13. The van der Waals surface area contributed by atoms with Gasteiger partial charge >= 0.3 is 5.97 Å². The summed E-state index contributed by atoms with van der Waals surface area (Å²) in [6.07, 6.45) is 5.69. The number of carboxylic acids is 1. The summed E-state index contributed by atoms with van der Waals surface area (Å²) in [5.74, 6) is -0.693. The van der Waals surface area contributed by atoms with Crippen molar-refractivity contribution in [2.75, 3.05) is 6.54 Å². The largest absolute Gasteiger partial charge is 0.481 e. The van der Waals surface area contributed by atoms with Gasteiger partial charge < -0.3 is 15.4 Å². The van der Waals surface area contributed by atoms with Crippen molar-refractivity contribution in [1.29, 1.82) is 0 Å². The molecule has 124 valence electrons. The third-order valence-electron chi connectivity index (χ3n) is 4.41. The van der Waals surface area contributed by atoms with Crippen LogP contribution in [-0.4, -0.2) is 27.2 Å². The highest BCUT2D eigenvalue weighted by atomic mass is 35.5. The molecule has 0 radical (unpaired) electrons. The van der Waals surface area contributed by atoms with Crippen LogP contribution in [0.5, 0.6) is 0 Å². The van der Waals surface area contributed by atoms with Crippen LogP contribution in [-0.2, 0) is 10.2 Å². The molecule has 1 aromatic carbocycles. The Balaban J connectivity index is 0.00000192. The fraction of sp³-hybridized carbons (Fsp3) is 0.375. The Hall–Kier alpha value is -1.56. The summed E-state index contributed by atoms with van der Waals surface area (Å²) in [6.45, 7) is 0.584. The monoisotopic (exact) mass is 355 g/mol. The minimum atomic E-state index is -0.859. The summed E-state index contributed by atoms with van der Waals surface area (Å²) in [5, 5.41) is 10.3. The Bertz CT molecular complexity index is 704. The maximum Gasteiger partial charge on any atom is 0.316 e. The average Bonchev–Trinajstić information content (AvgIpc) is 3.04. The lowest BCUT2D eigenvalue weighted by atomic mass is 9.98. The summed E-state index contributed by atoms with van der Waals surface area (Å²) in [7, 11) is 0. The van der Waals surface area contributed by atoms with E-state index in [2.05, 4.69) is 4.98 Å². The van der Waals surface area contributed by atoms with Gasteiger partial charge in [0.1, 0.15) is 5.41 Å². The van der Waals surface area contributed by atoms with Crippen molar-refractivity contribution >= 4 is 30.0 Å². The molecule has 1 aliphatic carbocycles. The van der Waals surface area contributed by atoms with E-state index in [1.165, 1.54) is 0 Å². The van der Waals surface area contributed by atoms with Crippen LogP contribution in [0.3, 0.4) is 0 Å². The molecule has 7 heteroatoms. The van der Waals surface area contributed by atoms with Gasteiger partial charge in [-0.1, -0.05) is 23.7 Å². The minimum absolute atomic E-state index is 0. The number of carboxylic acid groups (broad SMARTS) is 1. The molecule has 1 aliphatic rings. The molecule has 3 N–H and O–H groups in total. The van der Waals surface area contributed by atoms with E-state index >= 15 is 0 Å². The Kier molecular flexibility index (Phi) is 5.34. The standard InChI is InChI=1S/C16H18ClN3O2.ClH/c17-12-5-1-2-6-13(12)20-9-14(19-10-20)16(15(21)22)8-11(16)4-3-7-18;/h1-2,5-6,9-11H,3-4,7-8,18H2,(H,21,22);1H.